The van der Waals surface area contributed by atoms with Crippen molar-refractivity contribution in [2.45, 2.75) is 45.1 Å². The number of thiophene rings is 1. The minimum Gasteiger partial charge on any atom is -0.485 e. The van der Waals surface area contributed by atoms with E-state index in [4.69, 9.17) is 4.74 Å². The average Bonchev–Trinajstić information content (AvgIpc) is 2.92. The minimum atomic E-state index is -0.239. The lowest BCUT2D eigenvalue weighted by Gasteiger charge is -2.38. The molecule has 1 aromatic heterocycles. The van der Waals surface area contributed by atoms with E-state index in [1.807, 2.05) is 6.92 Å². The van der Waals surface area contributed by atoms with E-state index in [1.165, 1.54) is 17.7 Å². The predicted molar refractivity (Wildman–Crippen MR) is 72.4 cm³/mol. The van der Waals surface area contributed by atoms with Gasteiger partial charge < -0.3 is 4.74 Å². The quantitative estimate of drug-likeness (QED) is 0.804. The van der Waals surface area contributed by atoms with Crippen molar-refractivity contribution in [1.29, 1.82) is 0 Å². The molecule has 3 rings (SSSR count). The predicted octanol–water partition coefficient (Wildman–Crippen LogP) is 4.03. The van der Waals surface area contributed by atoms with Gasteiger partial charge in [0.25, 0.3) is 0 Å². The van der Waals surface area contributed by atoms with Crippen LogP contribution in [-0.2, 0) is 15.1 Å². The molecule has 2 aliphatic rings. The molecule has 1 fully saturated rings. The van der Waals surface area contributed by atoms with E-state index >= 15 is 0 Å². The van der Waals surface area contributed by atoms with Gasteiger partial charge in [-0.3, -0.25) is 4.79 Å². The Balaban J connectivity index is 2.07. The maximum Gasteiger partial charge on any atom is 0.159 e. The Morgan fingerprint density at radius 1 is 1.50 bits per heavy atom. The molecule has 2 atom stereocenters. The maximum atomic E-state index is 11.9. The fourth-order valence-corrected chi connectivity index (χ4v) is 4.52. The molecular weight excluding hydrogens is 244 g/mol. The van der Waals surface area contributed by atoms with Crippen LogP contribution in [0, 0.1) is 5.92 Å². The Labute approximate surface area is 112 Å². The van der Waals surface area contributed by atoms with Crippen LogP contribution in [-0.4, -0.2) is 5.78 Å². The number of ketones is 1. The zero-order chi connectivity index (χ0) is 12.8. The van der Waals surface area contributed by atoms with Gasteiger partial charge in [0, 0.05) is 16.4 Å². The van der Waals surface area contributed by atoms with E-state index in [9.17, 15) is 4.79 Å². The Morgan fingerprint density at radius 3 is 3.00 bits per heavy atom. The molecule has 2 nitrogen and oxygen atoms in total. The third-order valence-corrected chi connectivity index (χ3v) is 5.26. The second-order valence-corrected chi connectivity index (χ2v) is 6.24. The van der Waals surface area contributed by atoms with Crippen LogP contribution in [0.15, 0.2) is 28.8 Å². The first kappa shape index (κ1) is 12.0. The molecule has 1 aliphatic heterocycles. The van der Waals surface area contributed by atoms with Crippen molar-refractivity contribution >= 4 is 17.1 Å². The van der Waals surface area contributed by atoms with Crippen molar-refractivity contribution in [3.8, 4) is 0 Å². The molecule has 0 spiro atoms. The summed E-state index contributed by atoms with van der Waals surface area (Å²) >= 11 is 1.75. The van der Waals surface area contributed by atoms with Gasteiger partial charge in [-0.15, -0.1) is 11.3 Å². The number of hydrogen-bond acceptors (Lipinski definition) is 3. The second kappa shape index (κ2) is 4.23. The molecule has 0 aromatic carbocycles. The number of allylic oxidation sites excluding steroid dienone is 1. The summed E-state index contributed by atoms with van der Waals surface area (Å²) in [4.78, 5) is 13.2. The van der Waals surface area contributed by atoms with E-state index in [1.54, 1.807) is 18.3 Å². The zero-order valence-corrected chi connectivity index (χ0v) is 11.7. The van der Waals surface area contributed by atoms with Crippen LogP contribution in [0.3, 0.4) is 0 Å². The van der Waals surface area contributed by atoms with Gasteiger partial charge in [-0.2, -0.15) is 0 Å². The fourth-order valence-electron chi connectivity index (χ4n) is 3.57. The Morgan fingerprint density at radius 2 is 2.33 bits per heavy atom. The van der Waals surface area contributed by atoms with Gasteiger partial charge in [-0.1, -0.05) is 12.5 Å². The van der Waals surface area contributed by atoms with Gasteiger partial charge in [0.2, 0.25) is 0 Å². The minimum absolute atomic E-state index is 0.179. The summed E-state index contributed by atoms with van der Waals surface area (Å²) in [6.45, 7) is 3.62. The van der Waals surface area contributed by atoms with Crippen LogP contribution in [0.4, 0.5) is 0 Å². The number of rotatable bonds is 2. The SMILES string of the molecule is CC(=O)C1=C(C)OC2(c3cccs3)CCCCC12. The van der Waals surface area contributed by atoms with Crippen LogP contribution < -0.4 is 0 Å². The number of hydrogen-bond donors (Lipinski definition) is 0. The molecule has 0 amide bonds. The highest BCUT2D eigenvalue weighted by Gasteiger charge is 2.52. The molecule has 0 N–H and O–H groups in total. The van der Waals surface area contributed by atoms with Gasteiger partial charge in [-0.05, 0) is 44.6 Å². The summed E-state index contributed by atoms with van der Waals surface area (Å²) < 4.78 is 6.24. The van der Waals surface area contributed by atoms with E-state index in [2.05, 4.69) is 17.5 Å². The lowest BCUT2D eigenvalue weighted by molar-refractivity contribution is -0.114. The monoisotopic (exact) mass is 262 g/mol. The molecule has 96 valence electrons. The molecule has 1 saturated carbocycles. The topological polar surface area (TPSA) is 26.3 Å². The van der Waals surface area contributed by atoms with Crippen molar-refractivity contribution < 1.29 is 9.53 Å². The normalized spacial score (nSPS) is 31.1. The van der Waals surface area contributed by atoms with Gasteiger partial charge >= 0.3 is 0 Å². The maximum absolute atomic E-state index is 11.9. The number of fused-ring (bicyclic) bond motifs is 1. The lowest BCUT2D eigenvalue weighted by atomic mass is 9.71. The van der Waals surface area contributed by atoms with Crippen molar-refractivity contribution in [2.75, 3.05) is 0 Å². The molecule has 1 aliphatic carbocycles. The summed E-state index contributed by atoms with van der Waals surface area (Å²) in [6, 6.07) is 4.23. The van der Waals surface area contributed by atoms with Crippen molar-refractivity contribution in [3.63, 3.8) is 0 Å². The highest BCUT2D eigenvalue weighted by molar-refractivity contribution is 7.10. The van der Waals surface area contributed by atoms with Gasteiger partial charge in [-0.25, -0.2) is 0 Å². The molecular formula is C15H18O2S. The second-order valence-electron chi connectivity index (χ2n) is 5.29. The summed E-state index contributed by atoms with van der Waals surface area (Å²) in [6.07, 6.45) is 4.49. The van der Waals surface area contributed by atoms with Crippen molar-refractivity contribution in [3.05, 3.63) is 33.7 Å². The fraction of sp³-hybridized carbons (Fsp3) is 0.533. The first-order chi connectivity index (χ1) is 8.65. The van der Waals surface area contributed by atoms with Crippen LogP contribution in [0.5, 0.6) is 0 Å². The molecule has 3 heteroatoms. The number of Topliss-reactive ketones (excluding diaryl/α,β-unsaturated/α-hetero) is 1. The van der Waals surface area contributed by atoms with Gasteiger partial charge in [0.05, 0.1) is 0 Å². The Bertz CT molecular complexity index is 501. The zero-order valence-electron chi connectivity index (χ0n) is 10.9. The summed E-state index contributed by atoms with van der Waals surface area (Å²) in [7, 11) is 0. The molecule has 18 heavy (non-hydrogen) atoms. The molecule has 2 heterocycles. The third kappa shape index (κ3) is 1.57. The van der Waals surface area contributed by atoms with Crippen LogP contribution in [0.2, 0.25) is 0 Å². The molecule has 0 saturated heterocycles. The molecule has 0 bridgehead atoms. The summed E-state index contributed by atoms with van der Waals surface area (Å²) in [5, 5.41) is 2.10. The van der Waals surface area contributed by atoms with E-state index in [0.29, 0.717) is 0 Å². The largest absolute Gasteiger partial charge is 0.485 e. The Kier molecular flexibility index (Phi) is 2.81. The first-order valence-corrected chi connectivity index (χ1v) is 7.48. The van der Waals surface area contributed by atoms with Gasteiger partial charge in [0.1, 0.15) is 11.4 Å². The van der Waals surface area contributed by atoms with E-state index in [-0.39, 0.29) is 17.3 Å². The number of carbonyl (C=O) groups excluding carboxylic acids is 1. The smallest absolute Gasteiger partial charge is 0.159 e. The standard InChI is InChI=1S/C15H18O2S/c1-10(16)14-11(2)17-15(13-7-5-9-18-13)8-4-3-6-12(14)15/h5,7,9,12H,3-4,6,8H2,1-2H3. The third-order valence-electron chi connectivity index (χ3n) is 4.23. The van der Waals surface area contributed by atoms with Gasteiger partial charge in [0.15, 0.2) is 5.78 Å². The number of carbonyl (C=O) groups is 1. The lowest BCUT2D eigenvalue weighted by Crippen LogP contribution is -2.37. The Hall–Kier alpha value is -1.09. The average molecular weight is 262 g/mol. The van der Waals surface area contributed by atoms with Crippen LogP contribution >= 0.6 is 11.3 Å². The first-order valence-electron chi connectivity index (χ1n) is 6.60. The molecule has 1 aromatic rings. The number of ether oxygens (including phenoxy) is 1. The highest BCUT2D eigenvalue weighted by Crippen LogP contribution is 2.55. The van der Waals surface area contributed by atoms with E-state index < -0.39 is 0 Å². The summed E-state index contributed by atoms with van der Waals surface area (Å²) in [5.41, 5.74) is 0.695. The highest BCUT2D eigenvalue weighted by atomic mass is 32.1. The van der Waals surface area contributed by atoms with Crippen LogP contribution in [0.1, 0.15) is 44.4 Å². The van der Waals surface area contributed by atoms with Crippen molar-refractivity contribution in [1.82, 2.24) is 0 Å². The van der Waals surface area contributed by atoms with Crippen molar-refractivity contribution in [2.24, 2.45) is 5.92 Å². The van der Waals surface area contributed by atoms with E-state index in [0.717, 1.165) is 24.2 Å². The van der Waals surface area contributed by atoms with Crippen LogP contribution in [0.25, 0.3) is 0 Å². The molecule has 0 radical (unpaired) electrons. The molecule has 2 unspecified atom stereocenters. The summed E-state index contributed by atoms with van der Waals surface area (Å²) in [5.74, 6) is 1.29.